The Bertz CT molecular complexity index is 602. The third-order valence-corrected chi connectivity index (χ3v) is 2.86. The first-order chi connectivity index (χ1) is 10.2. The van der Waals surface area contributed by atoms with Crippen LogP contribution in [0.5, 0.6) is 5.75 Å². The number of nitrogens with zero attached hydrogens (tertiary/aromatic N) is 1. The normalized spacial score (nSPS) is 10.3. The van der Waals surface area contributed by atoms with Crippen molar-refractivity contribution >= 4 is 5.69 Å². The molecule has 6 heteroatoms. The van der Waals surface area contributed by atoms with Crippen LogP contribution in [0.4, 0.5) is 5.69 Å². The Hall–Kier alpha value is -2.44. The molecular weight excluding hydrogens is 272 g/mol. The lowest BCUT2D eigenvalue weighted by Crippen LogP contribution is -2.14. The number of nitro groups is 1. The lowest BCUT2D eigenvalue weighted by molar-refractivity contribution is -0.385. The molecule has 2 rings (SSSR count). The van der Waals surface area contributed by atoms with Crippen LogP contribution in [0.2, 0.25) is 0 Å². The Balaban J connectivity index is 1.90. The number of methoxy groups -OCH3 is 1. The molecule has 0 fully saturated rings. The summed E-state index contributed by atoms with van der Waals surface area (Å²) >= 11 is 0. The molecule has 0 saturated carbocycles. The van der Waals surface area contributed by atoms with E-state index in [4.69, 9.17) is 9.57 Å². The van der Waals surface area contributed by atoms with Crippen molar-refractivity contribution in [2.45, 2.75) is 13.2 Å². The van der Waals surface area contributed by atoms with Gasteiger partial charge in [0.2, 0.25) is 0 Å². The van der Waals surface area contributed by atoms with Gasteiger partial charge >= 0.3 is 0 Å². The summed E-state index contributed by atoms with van der Waals surface area (Å²) in [7, 11) is 1.47. The van der Waals surface area contributed by atoms with Crippen LogP contribution in [-0.4, -0.2) is 12.0 Å². The SMILES string of the molecule is COc1cc(CNOCc2ccccc2)cc([N+](=O)[O-])c1. The predicted octanol–water partition coefficient (Wildman–Crippen LogP) is 2.82. The molecular formula is C15H16N2O4. The van der Waals surface area contributed by atoms with E-state index in [1.807, 2.05) is 30.3 Å². The molecule has 0 bridgehead atoms. The Labute approximate surface area is 122 Å². The van der Waals surface area contributed by atoms with Gasteiger partial charge in [0.25, 0.3) is 5.69 Å². The summed E-state index contributed by atoms with van der Waals surface area (Å²) in [5, 5.41) is 10.8. The Morgan fingerprint density at radius 3 is 2.57 bits per heavy atom. The molecule has 0 aromatic heterocycles. The zero-order valence-electron chi connectivity index (χ0n) is 11.6. The topological polar surface area (TPSA) is 73.6 Å². The van der Waals surface area contributed by atoms with Crippen molar-refractivity contribution in [3.63, 3.8) is 0 Å². The number of hydrogen-bond acceptors (Lipinski definition) is 5. The van der Waals surface area contributed by atoms with E-state index in [-0.39, 0.29) is 5.69 Å². The average molecular weight is 288 g/mol. The summed E-state index contributed by atoms with van der Waals surface area (Å²) in [5.41, 5.74) is 4.54. The molecule has 2 aromatic carbocycles. The Kier molecular flexibility index (Phi) is 5.25. The zero-order chi connectivity index (χ0) is 15.1. The first-order valence-electron chi connectivity index (χ1n) is 6.40. The molecule has 0 heterocycles. The molecule has 0 radical (unpaired) electrons. The second-order valence-corrected chi connectivity index (χ2v) is 4.39. The van der Waals surface area contributed by atoms with E-state index in [1.54, 1.807) is 6.07 Å². The van der Waals surface area contributed by atoms with Gasteiger partial charge in [0.05, 0.1) is 24.7 Å². The number of nitrogens with one attached hydrogen (secondary N) is 1. The van der Waals surface area contributed by atoms with Crippen molar-refractivity contribution in [1.82, 2.24) is 5.48 Å². The van der Waals surface area contributed by atoms with Crippen LogP contribution < -0.4 is 10.2 Å². The van der Waals surface area contributed by atoms with Crippen molar-refractivity contribution in [3.05, 3.63) is 69.8 Å². The predicted molar refractivity (Wildman–Crippen MR) is 77.7 cm³/mol. The van der Waals surface area contributed by atoms with Crippen LogP contribution in [0.25, 0.3) is 0 Å². The molecule has 0 aliphatic heterocycles. The van der Waals surface area contributed by atoms with Crippen molar-refractivity contribution < 1.29 is 14.5 Å². The zero-order valence-corrected chi connectivity index (χ0v) is 11.6. The second kappa shape index (κ2) is 7.37. The fourth-order valence-corrected chi connectivity index (χ4v) is 1.81. The molecule has 0 atom stereocenters. The van der Waals surface area contributed by atoms with Gasteiger partial charge in [0.15, 0.2) is 0 Å². The smallest absolute Gasteiger partial charge is 0.273 e. The van der Waals surface area contributed by atoms with E-state index in [9.17, 15) is 10.1 Å². The fraction of sp³-hybridized carbons (Fsp3) is 0.200. The standard InChI is InChI=1S/C15H16N2O4/c1-20-15-8-13(7-14(9-15)17(18)19)10-16-21-11-12-5-3-2-4-6-12/h2-9,16H,10-11H2,1H3. The highest BCUT2D eigenvalue weighted by Gasteiger charge is 2.10. The van der Waals surface area contributed by atoms with Crippen molar-refractivity contribution in [2.24, 2.45) is 0 Å². The van der Waals surface area contributed by atoms with Crippen molar-refractivity contribution in [2.75, 3.05) is 7.11 Å². The highest BCUT2D eigenvalue weighted by molar-refractivity contribution is 5.42. The van der Waals surface area contributed by atoms with E-state index >= 15 is 0 Å². The fourth-order valence-electron chi connectivity index (χ4n) is 1.81. The minimum atomic E-state index is -0.448. The van der Waals surface area contributed by atoms with Crippen LogP contribution in [0.1, 0.15) is 11.1 Å². The number of rotatable bonds is 7. The molecule has 2 aromatic rings. The van der Waals surface area contributed by atoms with Gasteiger partial charge in [-0.1, -0.05) is 30.3 Å². The summed E-state index contributed by atoms with van der Waals surface area (Å²) in [6.07, 6.45) is 0. The third-order valence-electron chi connectivity index (χ3n) is 2.86. The maximum Gasteiger partial charge on any atom is 0.273 e. The summed E-state index contributed by atoms with van der Waals surface area (Å²) in [6.45, 7) is 0.776. The van der Waals surface area contributed by atoms with Crippen LogP contribution in [0.3, 0.4) is 0 Å². The number of hydrogen-bond donors (Lipinski definition) is 1. The molecule has 110 valence electrons. The van der Waals surface area contributed by atoms with E-state index < -0.39 is 4.92 Å². The highest BCUT2D eigenvalue weighted by Crippen LogP contribution is 2.22. The third kappa shape index (κ3) is 4.55. The summed E-state index contributed by atoms with van der Waals surface area (Å²) in [5.74, 6) is 0.448. The average Bonchev–Trinajstić information content (AvgIpc) is 2.52. The van der Waals surface area contributed by atoms with Gasteiger partial charge in [-0.15, -0.1) is 0 Å². The van der Waals surface area contributed by atoms with Crippen LogP contribution in [0.15, 0.2) is 48.5 Å². The number of ether oxygens (including phenoxy) is 1. The molecule has 0 unspecified atom stereocenters. The van der Waals surface area contributed by atoms with Gasteiger partial charge < -0.3 is 4.74 Å². The number of hydroxylamine groups is 1. The quantitative estimate of drug-likeness (QED) is 0.482. The molecule has 6 nitrogen and oxygen atoms in total. The maximum atomic E-state index is 10.8. The molecule has 0 aliphatic carbocycles. The first-order valence-corrected chi connectivity index (χ1v) is 6.40. The van der Waals surface area contributed by atoms with Gasteiger partial charge in [-0.05, 0) is 17.2 Å². The Morgan fingerprint density at radius 2 is 1.90 bits per heavy atom. The van der Waals surface area contributed by atoms with Crippen molar-refractivity contribution in [3.8, 4) is 5.75 Å². The monoisotopic (exact) mass is 288 g/mol. The summed E-state index contributed by atoms with van der Waals surface area (Å²) < 4.78 is 5.05. The van der Waals surface area contributed by atoms with Crippen LogP contribution in [0, 0.1) is 10.1 Å². The van der Waals surface area contributed by atoms with Gasteiger partial charge in [0, 0.05) is 12.6 Å². The lowest BCUT2D eigenvalue weighted by Gasteiger charge is -2.08. The molecule has 0 saturated heterocycles. The molecule has 0 aliphatic rings. The van der Waals surface area contributed by atoms with E-state index in [0.717, 1.165) is 5.56 Å². The van der Waals surface area contributed by atoms with Gasteiger partial charge in [-0.25, -0.2) is 0 Å². The second-order valence-electron chi connectivity index (χ2n) is 4.39. The minimum Gasteiger partial charge on any atom is -0.496 e. The van der Waals surface area contributed by atoms with Crippen molar-refractivity contribution in [1.29, 1.82) is 0 Å². The van der Waals surface area contributed by atoms with E-state index in [2.05, 4.69) is 5.48 Å². The van der Waals surface area contributed by atoms with Gasteiger partial charge in [-0.3, -0.25) is 15.0 Å². The van der Waals surface area contributed by atoms with Crippen LogP contribution in [-0.2, 0) is 18.0 Å². The first kappa shape index (κ1) is 15.0. The largest absolute Gasteiger partial charge is 0.496 e. The van der Waals surface area contributed by atoms with Gasteiger partial charge in [-0.2, -0.15) is 5.48 Å². The van der Waals surface area contributed by atoms with Gasteiger partial charge in [0.1, 0.15) is 5.75 Å². The number of benzene rings is 2. The summed E-state index contributed by atoms with van der Waals surface area (Å²) in [6, 6.07) is 14.3. The maximum absolute atomic E-state index is 10.8. The van der Waals surface area contributed by atoms with E-state index in [0.29, 0.717) is 24.5 Å². The lowest BCUT2D eigenvalue weighted by atomic mass is 10.2. The van der Waals surface area contributed by atoms with Crippen LogP contribution >= 0.6 is 0 Å². The summed E-state index contributed by atoms with van der Waals surface area (Å²) in [4.78, 5) is 15.7. The molecule has 21 heavy (non-hydrogen) atoms. The highest BCUT2D eigenvalue weighted by atomic mass is 16.6. The van der Waals surface area contributed by atoms with E-state index in [1.165, 1.54) is 19.2 Å². The Morgan fingerprint density at radius 1 is 1.14 bits per heavy atom. The number of nitro benzene ring substituents is 1. The molecule has 0 amide bonds. The molecule has 1 N–H and O–H groups in total. The minimum absolute atomic E-state index is 0.00536. The molecule has 0 spiro atoms. The number of non-ortho nitro benzene ring substituents is 1.